The fourth-order valence-corrected chi connectivity index (χ4v) is 1.34. The molecule has 0 unspecified atom stereocenters. The Balaban J connectivity index is 0.000000461. The summed E-state index contributed by atoms with van der Waals surface area (Å²) >= 11 is 0. The highest BCUT2D eigenvalue weighted by Crippen LogP contribution is 2.22. The van der Waals surface area contributed by atoms with Gasteiger partial charge in [0.05, 0.1) is 5.76 Å². The fraction of sp³-hybridized carbons (Fsp3) is 0.273. The number of benzene rings is 1. The lowest BCUT2D eigenvalue weighted by Gasteiger charge is -2.18. The lowest BCUT2D eigenvalue weighted by atomic mass is 10.0. The zero-order chi connectivity index (χ0) is 10.6. The Labute approximate surface area is 83.2 Å². The van der Waals surface area contributed by atoms with Crippen LogP contribution in [0.15, 0.2) is 30.5 Å². The molecule has 0 aliphatic carbocycles. The molecule has 0 radical (unpaired) electrons. The van der Waals surface area contributed by atoms with Gasteiger partial charge in [-0.25, -0.2) is 4.39 Å². The van der Waals surface area contributed by atoms with Gasteiger partial charge < -0.3 is 10.5 Å². The Kier molecular flexibility index (Phi) is 3.65. The summed E-state index contributed by atoms with van der Waals surface area (Å²) in [6.07, 6.45) is 0.632. The molecule has 1 heterocycles. The first-order valence-corrected chi connectivity index (χ1v) is 4.41. The minimum absolute atomic E-state index is 0.191. The minimum atomic E-state index is -0.191. The van der Waals surface area contributed by atoms with Crippen LogP contribution in [0.25, 0.3) is 0 Å². The summed E-state index contributed by atoms with van der Waals surface area (Å²) in [7, 11) is 1.50. The monoisotopic (exact) mass is 195 g/mol. The minimum Gasteiger partial charge on any atom is -0.494 e. The first-order valence-electron chi connectivity index (χ1n) is 4.41. The van der Waals surface area contributed by atoms with Crippen molar-refractivity contribution < 1.29 is 9.13 Å². The molecule has 0 bridgehead atoms. The Bertz CT molecular complexity index is 336. The number of nitrogens with two attached hydrogens (primary N) is 1. The Morgan fingerprint density at radius 3 is 2.79 bits per heavy atom. The van der Waals surface area contributed by atoms with Crippen molar-refractivity contribution in [3.8, 4) is 0 Å². The number of hydrogen-bond donors (Lipinski definition) is 1. The van der Waals surface area contributed by atoms with Gasteiger partial charge in [0.2, 0.25) is 0 Å². The van der Waals surface area contributed by atoms with E-state index in [0.717, 1.165) is 11.1 Å². The van der Waals surface area contributed by atoms with Crippen LogP contribution in [0.3, 0.4) is 0 Å². The summed E-state index contributed by atoms with van der Waals surface area (Å²) in [5.74, 6) is 0.525. The Hall–Kier alpha value is -1.35. The molecule has 0 saturated heterocycles. The third-order valence-electron chi connectivity index (χ3n) is 1.99. The molecule has 14 heavy (non-hydrogen) atoms. The summed E-state index contributed by atoms with van der Waals surface area (Å²) in [6.45, 7) is 4.22. The highest BCUT2D eigenvalue weighted by atomic mass is 19.1. The first-order chi connectivity index (χ1) is 6.75. The molecule has 2 nitrogen and oxygen atoms in total. The van der Waals surface area contributed by atoms with Gasteiger partial charge in [-0.1, -0.05) is 12.6 Å². The van der Waals surface area contributed by atoms with Gasteiger partial charge in [-0.3, -0.25) is 0 Å². The van der Waals surface area contributed by atoms with E-state index >= 15 is 0 Å². The van der Waals surface area contributed by atoms with E-state index in [4.69, 9.17) is 4.74 Å². The zero-order valence-electron chi connectivity index (χ0n) is 8.22. The summed E-state index contributed by atoms with van der Waals surface area (Å²) in [5, 5.41) is 0. The molecule has 0 spiro atoms. The molecule has 0 saturated carbocycles. The van der Waals surface area contributed by atoms with E-state index in [1.54, 1.807) is 12.1 Å². The summed E-state index contributed by atoms with van der Waals surface area (Å²) in [6, 6.07) is 4.76. The van der Waals surface area contributed by atoms with Crippen LogP contribution in [-0.2, 0) is 17.8 Å². The van der Waals surface area contributed by atoms with Gasteiger partial charge in [0.25, 0.3) is 0 Å². The third-order valence-corrected chi connectivity index (χ3v) is 1.99. The maximum Gasteiger partial charge on any atom is 0.123 e. The lowest BCUT2D eigenvalue weighted by Crippen LogP contribution is -2.07. The zero-order valence-corrected chi connectivity index (χ0v) is 8.22. The van der Waals surface area contributed by atoms with E-state index in [1.165, 1.54) is 13.1 Å². The van der Waals surface area contributed by atoms with Crippen LogP contribution < -0.4 is 5.73 Å². The molecule has 2 N–H and O–H groups in total. The molecular formula is C11H14FNO. The number of hydrogen-bond acceptors (Lipinski definition) is 2. The molecule has 0 fully saturated rings. The van der Waals surface area contributed by atoms with Crippen LogP contribution in [0.1, 0.15) is 11.1 Å². The number of allylic oxidation sites excluding steroid dienone is 1. The molecule has 1 aromatic carbocycles. The highest BCUT2D eigenvalue weighted by molar-refractivity contribution is 5.31. The molecule has 1 aliphatic rings. The Morgan fingerprint density at radius 2 is 2.07 bits per heavy atom. The maximum absolute atomic E-state index is 12.8. The topological polar surface area (TPSA) is 35.2 Å². The van der Waals surface area contributed by atoms with Crippen molar-refractivity contribution in [2.45, 2.75) is 13.0 Å². The molecule has 0 aromatic heterocycles. The second-order valence-corrected chi connectivity index (χ2v) is 2.92. The number of ether oxygens (including phenoxy) is 1. The van der Waals surface area contributed by atoms with E-state index < -0.39 is 0 Å². The van der Waals surface area contributed by atoms with Crippen LogP contribution in [0.4, 0.5) is 4.39 Å². The van der Waals surface area contributed by atoms with Gasteiger partial charge in [0, 0.05) is 6.42 Å². The van der Waals surface area contributed by atoms with Crippen LogP contribution in [0, 0.1) is 5.82 Å². The van der Waals surface area contributed by atoms with Gasteiger partial charge in [-0.05, 0) is 30.3 Å². The van der Waals surface area contributed by atoms with Crippen molar-refractivity contribution in [3.05, 3.63) is 47.5 Å². The maximum atomic E-state index is 12.8. The molecule has 0 atom stereocenters. The predicted molar refractivity (Wildman–Crippen MR) is 54.1 cm³/mol. The number of fused-ring (bicyclic) bond motifs is 1. The van der Waals surface area contributed by atoms with Gasteiger partial charge in [0.15, 0.2) is 0 Å². The average molecular weight is 195 g/mol. The van der Waals surface area contributed by atoms with Crippen molar-refractivity contribution in [1.29, 1.82) is 0 Å². The Morgan fingerprint density at radius 1 is 1.36 bits per heavy atom. The molecule has 0 amide bonds. The first kappa shape index (κ1) is 10.7. The third kappa shape index (κ3) is 2.33. The van der Waals surface area contributed by atoms with Crippen molar-refractivity contribution >= 4 is 0 Å². The molecule has 1 aliphatic heterocycles. The largest absolute Gasteiger partial charge is 0.494 e. The smallest absolute Gasteiger partial charge is 0.123 e. The standard InChI is InChI=1S/C10H9FO.CH5N/c1-7-4-9-5-10(11)3-2-8(9)6-12-7;1-2/h2-3,5H,1,4,6H2;2H2,1H3. The van der Waals surface area contributed by atoms with Gasteiger partial charge in [-0.2, -0.15) is 0 Å². The van der Waals surface area contributed by atoms with E-state index in [9.17, 15) is 4.39 Å². The second-order valence-electron chi connectivity index (χ2n) is 2.92. The van der Waals surface area contributed by atoms with Crippen LogP contribution in [0.5, 0.6) is 0 Å². The second kappa shape index (κ2) is 4.77. The average Bonchev–Trinajstić information content (AvgIpc) is 2.20. The lowest BCUT2D eigenvalue weighted by molar-refractivity contribution is 0.182. The van der Waals surface area contributed by atoms with Crippen LogP contribution in [-0.4, -0.2) is 7.05 Å². The quantitative estimate of drug-likeness (QED) is 0.687. The predicted octanol–water partition coefficient (Wildman–Crippen LogP) is 1.99. The molecule has 1 aromatic rings. The van der Waals surface area contributed by atoms with Gasteiger partial charge in [0.1, 0.15) is 12.4 Å². The van der Waals surface area contributed by atoms with Crippen LogP contribution >= 0.6 is 0 Å². The van der Waals surface area contributed by atoms with Crippen molar-refractivity contribution in [1.82, 2.24) is 0 Å². The normalized spacial score (nSPS) is 13.5. The van der Waals surface area contributed by atoms with E-state index in [2.05, 4.69) is 12.3 Å². The summed E-state index contributed by atoms with van der Waals surface area (Å²) in [5.41, 5.74) is 6.55. The summed E-state index contributed by atoms with van der Waals surface area (Å²) < 4.78 is 18.0. The van der Waals surface area contributed by atoms with Crippen molar-refractivity contribution in [2.24, 2.45) is 5.73 Å². The summed E-state index contributed by atoms with van der Waals surface area (Å²) in [4.78, 5) is 0. The van der Waals surface area contributed by atoms with E-state index in [1.807, 2.05) is 0 Å². The van der Waals surface area contributed by atoms with Crippen LogP contribution in [0.2, 0.25) is 0 Å². The van der Waals surface area contributed by atoms with Gasteiger partial charge in [-0.15, -0.1) is 0 Å². The highest BCUT2D eigenvalue weighted by Gasteiger charge is 2.12. The van der Waals surface area contributed by atoms with Crippen molar-refractivity contribution in [3.63, 3.8) is 0 Å². The van der Waals surface area contributed by atoms with Crippen molar-refractivity contribution in [2.75, 3.05) is 7.05 Å². The molecule has 3 heteroatoms. The number of rotatable bonds is 0. The SMILES string of the molecule is C=C1Cc2cc(F)ccc2CO1.CN. The molecule has 2 rings (SSSR count). The van der Waals surface area contributed by atoms with E-state index in [-0.39, 0.29) is 5.82 Å². The molecular weight excluding hydrogens is 181 g/mol. The van der Waals surface area contributed by atoms with E-state index in [0.29, 0.717) is 18.8 Å². The molecule has 76 valence electrons. The van der Waals surface area contributed by atoms with Gasteiger partial charge >= 0.3 is 0 Å². The number of halogens is 1. The fourth-order valence-electron chi connectivity index (χ4n) is 1.34.